The lowest BCUT2D eigenvalue weighted by atomic mass is 10.2. The van der Waals surface area contributed by atoms with Gasteiger partial charge in [0.1, 0.15) is 5.60 Å². The highest BCUT2D eigenvalue weighted by atomic mass is 79.9. The summed E-state index contributed by atoms with van der Waals surface area (Å²) < 4.78 is 5.92. The minimum absolute atomic E-state index is 0.0447. The average Bonchev–Trinajstić information content (AvgIpc) is 2.85. The Morgan fingerprint density at radius 3 is 2.58 bits per heavy atom. The summed E-state index contributed by atoms with van der Waals surface area (Å²) in [5.74, 6) is 0. The molecule has 1 aromatic rings. The van der Waals surface area contributed by atoms with Gasteiger partial charge < -0.3 is 15.4 Å². The van der Waals surface area contributed by atoms with Crippen molar-refractivity contribution in [2.45, 2.75) is 57.7 Å². The second-order valence-corrected chi connectivity index (χ2v) is 7.77. The number of halogens is 1. The van der Waals surface area contributed by atoms with Gasteiger partial charge in [0.2, 0.25) is 0 Å². The lowest BCUT2D eigenvalue weighted by molar-refractivity contribution is -0.384. The zero-order chi connectivity index (χ0) is 17.9. The largest absolute Gasteiger partial charge is 0.444 e. The van der Waals surface area contributed by atoms with Crippen LogP contribution in [0.4, 0.5) is 16.2 Å². The van der Waals surface area contributed by atoms with Crippen LogP contribution in [0.5, 0.6) is 0 Å². The Morgan fingerprint density at radius 1 is 1.33 bits per heavy atom. The van der Waals surface area contributed by atoms with E-state index < -0.39 is 16.6 Å². The fraction of sp³-hybridized carbons (Fsp3) is 0.562. The maximum Gasteiger partial charge on any atom is 0.407 e. The number of non-ortho nitro benzene ring substituents is 1. The molecular formula is C16H22BrN3O4. The molecule has 0 radical (unpaired) electrons. The molecule has 1 amide bonds. The normalized spacial score (nSPS) is 20.5. The molecule has 2 N–H and O–H groups in total. The van der Waals surface area contributed by atoms with Crippen molar-refractivity contribution in [1.82, 2.24) is 5.32 Å². The Balaban J connectivity index is 1.88. The van der Waals surface area contributed by atoms with Crippen LogP contribution in [0, 0.1) is 10.1 Å². The zero-order valence-corrected chi connectivity index (χ0v) is 15.6. The molecule has 0 spiro atoms. The van der Waals surface area contributed by atoms with Gasteiger partial charge in [0.05, 0.1) is 4.92 Å². The molecule has 1 aromatic carbocycles. The van der Waals surface area contributed by atoms with Crippen LogP contribution in [0.25, 0.3) is 0 Å². The van der Waals surface area contributed by atoms with Gasteiger partial charge >= 0.3 is 6.09 Å². The number of anilines is 1. The molecular weight excluding hydrogens is 378 g/mol. The minimum Gasteiger partial charge on any atom is -0.444 e. The number of ether oxygens (including phenoxy) is 1. The quantitative estimate of drug-likeness (QED) is 0.583. The van der Waals surface area contributed by atoms with Crippen molar-refractivity contribution in [2.24, 2.45) is 0 Å². The molecule has 1 saturated carbocycles. The van der Waals surface area contributed by atoms with Gasteiger partial charge in [-0.15, -0.1) is 0 Å². The van der Waals surface area contributed by atoms with Crippen LogP contribution in [0.2, 0.25) is 0 Å². The van der Waals surface area contributed by atoms with Crippen molar-refractivity contribution < 1.29 is 14.5 Å². The summed E-state index contributed by atoms with van der Waals surface area (Å²) in [7, 11) is 0. The molecule has 1 aliphatic rings. The van der Waals surface area contributed by atoms with Gasteiger partial charge in [0.15, 0.2) is 0 Å². The highest BCUT2D eigenvalue weighted by Gasteiger charge is 2.28. The van der Waals surface area contributed by atoms with Gasteiger partial charge in [-0.2, -0.15) is 0 Å². The lowest BCUT2D eigenvalue weighted by Gasteiger charge is -2.22. The summed E-state index contributed by atoms with van der Waals surface area (Å²) in [6, 6.07) is 4.90. The second kappa shape index (κ2) is 7.38. The number of carbonyl (C=O) groups excluding carboxylic acids is 1. The predicted molar refractivity (Wildman–Crippen MR) is 95.2 cm³/mol. The van der Waals surface area contributed by atoms with E-state index in [9.17, 15) is 14.9 Å². The number of rotatable bonds is 4. The van der Waals surface area contributed by atoms with E-state index in [-0.39, 0.29) is 17.8 Å². The minimum atomic E-state index is -0.510. The number of hydrogen-bond acceptors (Lipinski definition) is 5. The summed E-state index contributed by atoms with van der Waals surface area (Å²) >= 11 is 3.35. The molecule has 2 unspecified atom stereocenters. The first kappa shape index (κ1) is 18.5. The van der Waals surface area contributed by atoms with Crippen LogP contribution in [-0.4, -0.2) is 28.7 Å². The number of hydrogen-bond donors (Lipinski definition) is 2. The van der Waals surface area contributed by atoms with Crippen LogP contribution in [-0.2, 0) is 4.74 Å². The molecule has 132 valence electrons. The van der Waals surface area contributed by atoms with E-state index in [1.807, 2.05) is 20.8 Å². The fourth-order valence-electron chi connectivity index (χ4n) is 2.67. The summed E-state index contributed by atoms with van der Waals surface area (Å²) in [5, 5.41) is 17.0. The van der Waals surface area contributed by atoms with E-state index in [0.29, 0.717) is 4.47 Å². The zero-order valence-electron chi connectivity index (χ0n) is 14.0. The molecule has 0 aromatic heterocycles. The molecule has 24 heavy (non-hydrogen) atoms. The summed E-state index contributed by atoms with van der Waals surface area (Å²) in [6.07, 6.45) is 2.15. The number of nitrogens with one attached hydrogen (secondary N) is 2. The van der Waals surface area contributed by atoms with Crippen LogP contribution in [0.3, 0.4) is 0 Å². The van der Waals surface area contributed by atoms with Gasteiger partial charge in [0.25, 0.3) is 5.69 Å². The molecule has 0 saturated heterocycles. The number of amides is 1. The number of nitro groups is 1. The van der Waals surface area contributed by atoms with Crippen molar-refractivity contribution in [2.75, 3.05) is 5.32 Å². The van der Waals surface area contributed by atoms with Gasteiger partial charge in [-0.25, -0.2) is 4.79 Å². The Labute approximate surface area is 149 Å². The number of benzene rings is 1. The van der Waals surface area contributed by atoms with E-state index in [0.717, 1.165) is 24.9 Å². The fourth-order valence-corrected chi connectivity index (χ4v) is 3.15. The monoisotopic (exact) mass is 399 g/mol. The highest BCUT2D eigenvalue weighted by Crippen LogP contribution is 2.30. The molecule has 8 heteroatoms. The standard InChI is InChI=1S/C16H22BrN3O4/c1-16(2,3)24-15(21)19-11-5-4-10(8-11)18-14-7-6-12(20(22)23)9-13(14)17/h6-7,9-11,18H,4-5,8H2,1-3H3,(H,19,21). The van der Waals surface area contributed by atoms with E-state index in [2.05, 4.69) is 26.6 Å². The first-order valence-electron chi connectivity index (χ1n) is 7.84. The maximum atomic E-state index is 11.8. The average molecular weight is 400 g/mol. The van der Waals surface area contributed by atoms with E-state index >= 15 is 0 Å². The van der Waals surface area contributed by atoms with Crippen LogP contribution in [0.15, 0.2) is 22.7 Å². The second-order valence-electron chi connectivity index (χ2n) is 6.92. The predicted octanol–water partition coefficient (Wildman–Crippen LogP) is 4.22. The topological polar surface area (TPSA) is 93.5 Å². The highest BCUT2D eigenvalue weighted by molar-refractivity contribution is 9.10. The van der Waals surface area contributed by atoms with Gasteiger partial charge in [-0.05, 0) is 62.0 Å². The number of carbonyl (C=O) groups is 1. The summed E-state index contributed by atoms with van der Waals surface area (Å²) in [5.41, 5.74) is 0.344. The molecule has 2 atom stereocenters. The van der Waals surface area contributed by atoms with Gasteiger partial charge in [-0.3, -0.25) is 10.1 Å². The third-order valence-corrected chi connectivity index (χ3v) is 4.33. The molecule has 1 fully saturated rings. The maximum absolute atomic E-state index is 11.8. The third-order valence-electron chi connectivity index (χ3n) is 3.68. The smallest absolute Gasteiger partial charge is 0.407 e. The molecule has 0 heterocycles. The first-order chi connectivity index (χ1) is 11.1. The Bertz CT molecular complexity index is 630. The number of nitro benzene ring substituents is 1. The summed E-state index contributed by atoms with van der Waals surface area (Å²) in [4.78, 5) is 22.2. The third kappa shape index (κ3) is 5.36. The SMILES string of the molecule is CC(C)(C)OC(=O)NC1CCC(Nc2ccc([N+](=O)[O-])cc2Br)C1. The van der Waals surface area contributed by atoms with E-state index in [1.165, 1.54) is 12.1 Å². The molecule has 2 rings (SSSR count). The van der Waals surface area contributed by atoms with Crippen LogP contribution >= 0.6 is 15.9 Å². The molecule has 0 aliphatic heterocycles. The van der Waals surface area contributed by atoms with Crippen molar-refractivity contribution in [3.63, 3.8) is 0 Å². The van der Waals surface area contributed by atoms with Crippen LogP contribution in [0.1, 0.15) is 40.0 Å². The van der Waals surface area contributed by atoms with Crippen molar-refractivity contribution in [3.8, 4) is 0 Å². The summed E-state index contributed by atoms with van der Waals surface area (Å²) in [6.45, 7) is 5.49. The molecule has 7 nitrogen and oxygen atoms in total. The Kier molecular flexibility index (Phi) is 5.69. The van der Waals surface area contributed by atoms with Crippen molar-refractivity contribution >= 4 is 33.4 Å². The van der Waals surface area contributed by atoms with Crippen molar-refractivity contribution in [3.05, 3.63) is 32.8 Å². The molecule has 0 bridgehead atoms. The Hall–Kier alpha value is -1.83. The Morgan fingerprint density at radius 2 is 2.00 bits per heavy atom. The van der Waals surface area contributed by atoms with Gasteiger partial charge in [0, 0.05) is 34.4 Å². The first-order valence-corrected chi connectivity index (χ1v) is 8.63. The number of nitrogens with zero attached hydrogens (tertiary/aromatic N) is 1. The lowest BCUT2D eigenvalue weighted by Crippen LogP contribution is -2.38. The van der Waals surface area contributed by atoms with Crippen LogP contribution < -0.4 is 10.6 Å². The number of alkyl carbamates (subject to hydrolysis) is 1. The molecule has 1 aliphatic carbocycles. The van der Waals surface area contributed by atoms with E-state index in [1.54, 1.807) is 6.07 Å². The van der Waals surface area contributed by atoms with Gasteiger partial charge in [-0.1, -0.05) is 0 Å². The van der Waals surface area contributed by atoms with Crippen molar-refractivity contribution in [1.29, 1.82) is 0 Å². The van der Waals surface area contributed by atoms with E-state index in [4.69, 9.17) is 4.74 Å².